The maximum atomic E-state index is 12.9. The number of methoxy groups -OCH3 is 4. The Hall–Kier alpha value is -1.99. The largest absolute Gasteiger partial charge is 0.493 e. The molecule has 0 radical (unpaired) electrons. The van der Waals surface area contributed by atoms with E-state index in [-0.39, 0.29) is 17.9 Å². The highest BCUT2D eigenvalue weighted by atomic mass is 16.6. The molecule has 0 spiro atoms. The lowest BCUT2D eigenvalue weighted by Crippen LogP contribution is -2.48. The molecule has 0 aromatic heterocycles. The van der Waals surface area contributed by atoms with E-state index in [0.29, 0.717) is 36.4 Å². The second-order valence-corrected chi connectivity index (χ2v) is 9.13. The maximum Gasteiger partial charge on any atom is 0.323 e. The van der Waals surface area contributed by atoms with Gasteiger partial charge in [-0.05, 0) is 61.8 Å². The minimum absolute atomic E-state index is 0.126. The number of hydrogen-bond acceptors (Lipinski definition) is 7. The molecule has 0 bridgehead atoms. The quantitative estimate of drug-likeness (QED) is 0.355. The van der Waals surface area contributed by atoms with E-state index in [4.69, 9.17) is 23.7 Å². The van der Waals surface area contributed by atoms with Crippen LogP contribution in [0.5, 0.6) is 17.2 Å². The summed E-state index contributed by atoms with van der Waals surface area (Å²) in [5, 5.41) is 0. The van der Waals surface area contributed by atoms with E-state index in [1.807, 2.05) is 0 Å². The number of carbonyl (C=O) groups excluding carboxylic acids is 1. The topological polar surface area (TPSA) is 66.5 Å². The Bertz CT molecular complexity index is 723. The molecule has 2 atom stereocenters. The molecule has 186 valence electrons. The zero-order chi connectivity index (χ0) is 23.6. The van der Waals surface area contributed by atoms with Crippen LogP contribution in [0.3, 0.4) is 0 Å². The number of carbonyl (C=O) groups is 1. The third-order valence-electron chi connectivity index (χ3n) is 7.18. The van der Waals surface area contributed by atoms with Crippen LogP contribution >= 0.6 is 0 Å². The van der Waals surface area contributed by atoms with Crippen molar-refractivity contribution in [2.24, 2.45) is 5.92 Å². The fraction of sp³-hybridized carbons (Fsp3) is 0.731. The average Bonchev–Trinajstić information content (AvgIpc) is 2.87. The highest BCUT2D eigenvalue weighted by Crippen LogP contribution is 2.44. The standard InChI is InChI=1S/C26H41NO6/c1-29-14-15-33-26(28)22-12-8-9-13-27(22)18-21(19-10-6-5-7-11-19)20-16-23(30-2)25(32-4)24(17-20)31-3/h16-17,19,21-22H,5-15,18H2,1-4H3/t21-,22-/m0/s1. The Kier molecular flexibility index (Phi) is 10.1. The third-order valence-corrected chi connectivity index (χ3v) is 7.18. The molecule has 7 nitrogen and oxygen atoms in total. The van der Waals surface area contributed by atoms with Crippen LogP contribution in [0.1, 0.15) is 62.8 Å². The Morgan fingerprint density at radius 1 is 0.909 bits per heavy atom. The molecule has 2 fully saturated rings. The second kappa shape index (κ2) is 13.0. The lowest BCUT2D eigenvalue weighted by molar-refractivity contribution is -0.152. The van der Waals surface area contributed by atoms with Gasteiger partial charge < -0.3 is 23.7 Å². The Morgan fingerprint density at radius 3 is 2.18 bits per heavy atom. The minimum atomic E-state index is -0.191. The first-order chi connectivity index (χ1) is 16.1. The molecule has 33 heavy (non-hydrogen) atoms. The van der Waals surface area contributed by atoms with Crippen molar-refractivity contribution >= 4 is 5.97 Å². The van der Waals surface area contributed by atoms with Gasteiger partial charge in [-0.25, -0.2) is 0 Å². The Labute approximate surface area is 198 Å². The lowest BCUT2D eigenvalue weighted by Gasteiger charge is -2.40. The number of rotatable bonds is 11. The van der Waals surface area contributed by atoms with Crippen LogP contribution in [-0.4, -0.2) is 71.7 Å². The summed E-state index contributed by atoms with van der Waals surface area (Å²) in [6, 6.07) is 4.00. The number of benzene rings is 1. The minimum Gasteiger partial charge on any atom is -0.493 e. The Balaban J connectivity index is 1.88. The molecule has 7 heteroatoms. The second-order valence-electron chi connectivity index (χ2n) is 9.13. The molecular formula is C26H41NO6. The fourth-order valence-corrected chi connectivity index (χ4v) is 5.43. The number of esters is 1. The molecule has 1 aromatic carbocycles. The summed E-state index contributed by atoms with van der Waals surface area (Å²) in [4.78, 5) is 15.2. The number of nitrogens with zero attached hydrogens (tertiary/aromatic N) is 1. The van der Waals surface area contributed by atoms with Gasteiger partial charge in [0.1, 0.15) is 12.6 Å². The van der Waals surface area contributed by atoms with Crippen LogP contribution in [0.4, 0.5) is 0 Å². The third kappa shape index (κ3) is 6.54. The molecule has 1 aliphatic carbocycles. The van der Waals surface area contributed by atoms with Gasteiger partial charge in [0.05, 0.1) is 27.9 Å². The van der Waals surface area contributed by atoms with Crippen molar-refractivity contribution in [2.45, 2.75) is 63.3 Å². The van der Waals surface area contributed by atoms with E-state index in [9.17, 15) is 4.79 Å². The molecule has 2 aliphatic rings. The van der Waals surface area contributed by atoms with Crippen molar-refractivity contribution in [3.63, 3.8) is 0 Å². The SMILES string of the molecule is COCCOC(=O)[C@@H]1CCCCN1C[C@H](c1cc(OC)c(OC)c(OC)c1)C1CCCCC1. The average molecular weight is 464 g/mol. The zero-order valence-electron chi connectivity index (χ0n) is 20.8. The lowest BCUT2D eigenvalue weighted by atomic mass is 9.76. The predicted octanol–water partition coefficient (Wildman–Crippen LogP) is 4.42. The van der Waals surface area contributed by atoms with Crippen molar-refractivity contribution in [1.29, 1.82) is 0 Å². The molecule has 0 unspecified atom stereocenters. The summed E-state index contributed by atoms with van der Waals surface area (Å²) in [6.07, 6.45) is 9.24. The summed E-state index contributed by atoms with van der Waals surface area (Å²) in [5.41, 5.74) is 1.19. The van der Waals surface area contributed by atoms with Gasteiger partial charge in [-0.3, -0.25) is 9.69 Å². The van der Waals surface area contributed by atoms with Gasteiger partial charge in [-0.15, -0.1) is 0 Å². The van der Waals surface area contributed by atoms with E-state index in [0.717, 1.165) is 32.4 Å². The first kappa shape index (κ1) is 25.6. The van der Waals surface area contributed by atoms with Gasteiger partial charge in [-0.2, -0.15) is 0 Å². The van der Waals surface area contributed by atoms with Gasteiger partial charge in [0.15, 0.2) is 11.5 Å². The summed E-state index contributed by atoms with van der Waals surface area (Å²) in [7, 11) is 6.57. The van der Waals surface area contributed by atoms with Crippen LogP contribution in [0.25, 0.3) is 0 Å². The van der Waals surface area contributed by atoms with E-state index in [1.54, 1.807) is 28.4 Å². The summed E-state index contributed by atoms with van der Waals surface area (Å²) < 4.78 is 27.4. The normalized spacial score (nSPS) is 20.8. The fourth-order valence-electron chi connectivity index (χ4n) is 5.43. The number of hydrogen-bond donors (Lipinski definition) is 0. The maximum absolute atomic E-state index is 12.9. The van der Waals surface area contributed by atoms with Gasteiger partial charge in [0.2, 0.25) is 5.75 Å². The number of likely N-dealkylation sites (tertiary alicyclic amines) is 1. The highest BCUT2D eigenvalue weighted by Gasteiger charge is 2.35. The molecule has 0 N–H and O–H groups in total. The van der Waals surface area contributed by atoms with Crippen molar-refractivity contribution < 1.29 is 28.5 Å². The first-order valence-electron chi connectivity index (χ1n) is 12.3. The predicted molar refractivity (Wildman–Crippen MR) is 127 cm³/mol. The van der Waals surface area contributed by atoms with Crippen molar-refractivity contribution in [3.8, 4) is 17.2 Å². The van der Waals surface area contributed by atoms with Crippen LogP contribution in [0.2, 0.25) is 0 Å². The highest BCUT2D eigenvalue weighted by molar-refractivity contribution is 5.76. The molecule has 0 amide bonds. The molecule has 3 rings (SSSR count). The summed E-state index contributed by atoms with van der Waals surface area (Å²) in [5.74, 6) is 2.70. The first-order valence-corrected chi connectivity index (χ1v) is 12.3. The Morgan fingerprint density at radius 2 is 1.58 bits per heavy atom. The molecule has 1 aliphatic heterocycles. The van der Waals surface area contributed by atoms with E-state index in [2.05, 4.69) is 17.0 Å². The monoisotopic (exact) mass is 463 g/mol. The van der Waals surface area contributed by atoms with Crippen molar-refractivity contribution in [1.82, 2.24) is 4.90 Å². The van der Waals surface area contributed by atoms with E-state index in [1.165, 1.54) is 37.7 Å². The van der Waals surface area contributed by atoms with Crippen molar-refractivity contribution in [2.75, 3.05) is 54.7 Å². The smallest absolute Gasteiger partial charge is 0.323 e. The molecule has 1 heterocycles. The van der Waals surface area contributed by atoms with Crippen LogP contribution in [0.15, 0.2) is 12.1 Å². The van der Waals surface area contributed by atoms with E-state index < -0.39 is 0 Å². The van der Waals surface area contributed by atoms with Gasteiger partial charge >= 0.3 is 5.97 Å². The van der Waals surface area contributed by atoms with Gasteiger partial charge in [0, 0.05) is 13.7 Å². The van der Waals surface area contributed by atoms with Crippen LogP contribution in [0, 0.1) is 5.92 Å². The van der Waals surface area contributed by atoms with Gasteiger partial charge in [-0.1, -0.05) is 25.7 Å². The van der Waals surface area contributed by atoms with Crippen LogP contribution in [-0.2, 0) is 14.3 Å². The zero-order valence-corrected chi connectivity index (χ0v) is 20.8. The van der Waals surface area contributed by atoms with Crippen molar-refractivity contribution in [3.05, 3.63) is 17.7 Å². The molecule has 1 saturated carbocycles. The van der Waals surface area contributed by atoms with E-state index >= 15 is 0 Å². The van der Waals surface area contributed by atoms with Crippen LogP contribution < -0.4 is 14.2 Å². The summed E-state index contributed by atoms with van der Waals surface area (Å²) >= 11 is 0. The number of ether oxygens (including phenoxy) is 5. The molecular weight excluding hydrogens is 422 g/mol. The number of piperidine rings is 1. The molecule has 1 aromatic rings. The summed E-state index contributed by atoms with van der Waals surface area (Å²) in [6.45, 7) is 2.47. The van der Waals surface area contributed by atoms with Gasteiger partial charge in [0.25, 0.3) is 0 Å². The molecule has 1 saturated heterocycles.